The summed E-state index contributed by atoms with van der Waals surface area (Å²) in [4.78, 5) is 17.9. The first kappa shape index (κ1) is 24.8. The lowest BCUT2D eigenvalue weighted by molar-refractivity contribution is 0.0527. The first-order chi connectivity index (χ1) is 11.6. The minimum absolute atomic E-state index is 0. The Morgan fingerprint density at radius 3 is 2.46 bits per heavy atom. The molecule has 1 heterocycles. The second-order valence-corrected chi connectivity index (χ2v) is 7.31. The molecule has 0 aliphatic carbocycles. The van der Waals surface area contributed by atoms with Crippen LogP contribution in [0.3, 0.4) is 0 Å². The van der Waals surface area contributed by atoms with Crippen molar-refractivity contribution in [2.75, 3.05) is 27.2 Å². The quantitative estimate of drug-likeness (QED) is 0.273. The Balaban J connectivity index is 0.00000625. The van der Waals surface area contributed by atoms with E-state index in [-0.39, 0.29) is 24.0 Å². The molecule has 0 saturated carbocycles. The summed E-state index contributed by atoms with van der Waals surface area (Å²) in [6.07, 6.45) is 2.25. The maximum atomic E-state index is 11.6. The van der Waals surface area contributed by atoms with Gasteiger partial charge in [-0.05, 0) is 33.3 Å². The Morgan fingerprint density at radius 2 is 1.96 bits per heavy atom. The molecule has 0 spiro atoms. The predicted molar refractivity (Wildman–Crippen MR) is 118 cm³/mol. The molecule has 26 heavy (non-hydrogen) atoms. The zero-order valence-corrected chi connectivity index (χ0v) is 19.5. The van der Waals surface area contributed by atoms with Gasteiger partial charge in [0, 0.05) is 46.1 Å². The van der Waals surface area contributed by atoms with Crippen molar-refractivity contribution in [1.82, 2.24) is 20.1 Å². The number of aliphatic imine (C=N–C) groups is 1. The molecule has 0 bridgehead atoms. The van der Waals surface area contributed by atoms with Gasteiger partial charge in [-0.15, -0.1) is 24.0 Å². The highest BCUT2D eigenvalue weighted by atomic mass is 127. The fraction of sp³-hybridized carbons (Fsp3) is 0.647. The van der Waals surface area contributed by atoms with E-state index in [4.69, 9.17) is 16.3 Å². The molecular weight excluding hydrogens is 469 g/mol. The van der Waals surface area contributed by atoms with Crippen LogP contribution in [0.1, 0.15) is 32.9 Å². The standard InChI is InChI=1S/C17H30ClN5O2.HI/c1-17(2,3)25-16(24)21-9-7-8-20-15(19-4)23(6)12-14-10-13(18)11-22(14)5;/h10-11H,7-9,12H2,1-6H3,(H,19,20)(H,21,24);1H. The van der Waals surface area contributed by atoms with Crippen LogP contribution in [0.2, 0.25) is 5.02 Å². The number of rotatable bonds is 6. The number of nitrogens with zero attached hydrogens (tertiary/aromatic N) is 3. The molecule has 0 aromatic carbocycles. The third-order valence-corrected chi connectivity index (χ3v) is 3.56. The molecule has 7 nitrogen and oxygen atoms in total. The van der Waals surface area contributed by atoms with Gasteiger partial charge in [-0.25, -0.2) is 4.79 Å². The van der Waals surface area contributed by atoms with Gasteiger partial charge in [0.05, 0.1) is 11.6 Å². The van der Waals surface area contributed by atoms with Crippen LogP contribution in [-0.4, -0.2) is 54.3 Å². The zero-order valence-electron chi connectivity index (χ0n) is 16.4. The van der Waals surface area contributed by atoms with Crippen molar-refractivity contribution in [1.29, 1.82) is 0 Å². The summed E-state index contributed by atoms with van der Waals surface area (Å²) in [6, 6.07) is 1.94. The van der Waals surface area contributed by atoms with Crippen molar-refractivity contribution >= 4 is 47.6 Å². The molecule has 1 aromatic heterocycles. The van der Waals surface area contributed by atoms with Crippen LogP contribution in [0.4, 0.5) is 4.79 Å². The second kappa shape index (κ2) is 11.5. The van der Waals surface area contributed by atoms with E-state index in [0.29, 0.717) is 19.6 Å². The van der Waals surface area contributed by atoms with Gasteiger partial charge in [0.15, 0.2) is 5.96 Å². The van der Waals surface area contributed by atoms with Gasteiger partial charge >= 0.3 is 6.09 Å². The van der Waals surface area contributed by atoms with Crippen molar-refractivity contribution in [3.05, 3.63) is 23.0 Å². The van der Waals surface area contributed by atoms with Crippen molar-refractivity contribution in [3.63, 3.8) is 0 Å². The van der Waals surface area contributed by atoms with Crippen LogP contribution in [0, 0.1) is 0 Å². The van der Waals surface area contributed by atoms with Crippen LogP contribution in [0.5, 0.6) is 0 Å². The fourth-order valence-electron chi connectivity index (χ4n) is 2.22. The maximum absolute atomic E-state index is 11.6. The number of amides is 1. The third kappa shape index (κ3) is 9.51. The lowest BCUT2D eigenvalue weighted by Crippen LogP contribution is -2.40. The molecule has 0 unspecified atom stereocenters. The molecule has 0 atom stereocenters. The maximum Gasteiger partial charge on any atom is 0.407 e. The lowest BCUT2D eigenvalue weighted by atomic mass is 10.2. The van der Waals surface area contributed by atoms with Crippen LogP contribution >= 0.6 is 35.6 Å². The third-order valence-electron chi connectivity index (χ3n) is 3.35. The molecule has 2 N–H and O–H groups in total. The highest BCUT2D eigenvalue weighted by Gasteiger charge is 2.15. The van der Waals surface area contributed by atoms with Gasteiger partial charge < -0.3 is 24.8 Å². The summed E-state index contributed by atoms with van der Waals surface area (Å²) in [5, 5.41) is 6.74. The van der Waals surface area contributed by atoms with Gasteiger partial charge in [0.1, 0.15) is 5.60 Å². The SMILES string of the molecule is CN=C(NCCCNC(=O)OC(C)(C)C)N(C)Cc1cc(Cl)cn1C.I. The summed E-state index contributed by atoms with van der Waals surface area (Å²) in [6.45, 7) is 7.45. The molecule has 0 fully saturated rings. The van der Waals surface area contributed by atoms with E-state index in [1.165, 1.54) is 0 Å². The van der Waals surface area contributed by atoms with Crippen molar-refractivity contribution in [2.24, 2.45) is 12.0 Å². The monoisotopic (exact) mass is 499 g/mol. The summed E-state index contributed by atoms with van der Waals surface area (Å²) >= 11 is 6.02. The number of carbonyl (C=O) groups is 1. The van der Waals surface area contributed by atoms with E-state index in [1.54, 1.807) is 7.05 Å². The van der Waals surface area contributed by atoms with Gasteiger partial charge in [0.25, 0.3) is 0 Å². The van der Waals surface area contributed by atoms with Gasteiger partial charge in [-0.1, -0.05) is 11.6 Å². The minimum Gasteiger partial charge on any atom is -0.444 e. The molecule has 0 aliphatic rings. The molecule has 150 valence electrons. The number of guanidine groups is 1. The number of ether oxygens (including phenoxy) is 1. The van der Waals surface area contributed by atoms with E-state index in [9.17, 15) is 4.79 Å². The van der Waals surface area contributed by atoms with E-state index < -0.39 is 11.7 Å². The number of hydrogen-bond acceptors (Lipinski definition) is 3. The first-order valence-electron chi connectivity index (χ1n) is 8.31. The smallest absolute Gasteiger partial charge is 0.407 e. The van der Waals surface area contributed by atoms with E-state index >= 15 is 0 Å². The van der Waals surface area contributed by atoms with Crippen molar-refractivity contribution in [3.8, 4) is 0 Å². The highest BCUT2D eigenvalue weighted by Crippen LogP contribution is 2.14. The number of aromatic nitrogens is 1. The highest BCUT2D eigenvalue weighted by molar-refractivity contribution is 14.0. The van der Waals surface area contributed by atoms with Gasteiger partial charge in [-0.3, -0.25) is 4.99 Å². The Hall–Kier alpha value is -1.16. The fourth-order valence-corrected chi connectivity index (χ4v) is 2.49. The number of aryl methyl sites for hydroxylation is 1. The normalized spacial score (nSPS) is 11.6. The van der Waals surface area contributed by atoms with Crippen LogP contribution in [0.15, 0.2) is 17.3 Å². The van der Waals surface area contributed by atoms with Crippen LogP contribution < -0.4 is 10.6 Å². The Labute approximate surface area is 178 Å². The zero-order chi connectivity index (χ0) is 19.0. The number of halogens is 2. The second-order valence-electron chi connectivity index (χ2n) is 6.87. The molecule has 0 aliphatic heterocycles. The summed E-state index contributed by atoms with van der Waals surface area (Å²) in [5.41, 5.74) is 0.620. The molecular formula is C17H31ClIN5O2. The average Bonchev–Trinajstić information content (AvgIpc) is 2.78. The van der Waals surface area contributed by atoms with Gasteiger partial charge in [-0.2, -0.15) is 0 Å². The van der Waals surface area contributed by atoms with E-state index in [1.807, 2.05) is 56.6 Å². The molecule has 1 amide bonds. The molecule has 9 heteroatoms. The lowest BCUT2D eigenvalue weighted by Gasteiger charge is -2.22. The van der Waals surface area contributed by atoms with E-state index in [0.717, 1.165) is 23.1 Å². The Bertz CT molecular complexity index is 598. The molecule has 0 radical (unpaired) electrons. The van der Waals surface area contributed by atoms with E-state index in [2.05, 4.69) is 15.6 Å². The Kier molecular flexibility index (Phi) is 11.0. The first-order valence-corrected chi connectivity index (χ1v) is 8.69. The van der Waals surface area contributed by atoms with Gasteiger partial charge in [0.2, 0.25) is 0 Å². The number of carbonyl (C=O) groups excluding carboxylic acids is 1. The van der Waals surface area contributed by atoms with Crippen molar-refractivity contribution in [2.45, 2.75) is 39.3 Å². The largest absolute Gasteiger partial charge is 0.444 e. The minimum atomic E-state index is -0.479. The predicted octanol–water partition coefficient (Wildman–Crippen LogP) is 3.22. The number of alkyl carbamates (subject to hydrolysis) is 1. The summed E-state index contributed by atoms with van der Waals surface area (Å²) in [7, 11) is 5.68. The Morgan fingerprint density at radius 1 is 1.35 bits per heavy atom. The molecule has 1 rings (SSSR count). The van der Waals surface area contributed by atoms with Crippen LogP contribution in [0.25, 0.3) is 0 Å². The van der Waals surface area contributed by atoms with Crippen LogP contribution in [-0.2, 0) is 18.3 Å². The number of hydrogen-bond donors (Lipinski definition) is 2. The topological polar surface area (TPSA) is 70.9 Å². The number of nitrogens with one attached hydrogen (secondary N) is 2. The summed E-state index contributed by atoms with van der Waals surface area (Å²) < 4.78 is 7.19. The average molecular weight is 500 g/mol. The molecule has 0 saturated heterocycles. The molecule has 1 aromatic rings. The summed E-state index contributed by atoms with van der Waals surface area (Å²) in [5.74, 6) is 0.787. The van der Waals surface area contributed by atoms with Crippen molar-refractivity contribution < 1.29 is 9.53 Å².